The molecule has 0 aliphatic rings. The van der Waals surface area contributed by atoms with Crippen molar-refractivity contribution in [3.8, 4) is 11.1 Å². The Morgan fingerprint density at radius 1 is 1.00 bits per heavy atom. The van der Waals surface area contributed by atoms with Crippen molar-refractivity contribution in [2.24, 2.45) is 0 Å². The summed E-state index contributed by atoms with van der Waals surface area (Å²) < 4.78 is 40.5. The number of alkyl halides is 3. The van der Waals surface area contributed by atoms with Gasteiger partial charge in [-0.15, -0.1) is 0 Å². The Balaban J connectivity index is 2.11. The molecule has 0 bridgehead atoms. The zero-order valence-corrected chi connectivity index (χ0v) is 16.4. The molecule has 2 aromatic carbocycles. The standard InChI is InChI=1S/C21H17ClF3N3O/c1-27(2)28(16-8-3-6-14(12-16)15-7-5-11-26-13-15)20(29)19-17(21(23,24)25)9-4-10-18(19)22/h3-13H,1-2H3. The minimum absolute atomic E-state index is 0.264. The molecule has 8 heteroatoms. The summed E-state index contributed by atoms with van der Waals surface area (Å²) in [6.07, 6.45) is -1.42. The Bertz CT molecular complexity index is 1020. The normalized spacial score (nSPS) is 11.6. The molecular weight excluding hydrogens is 403 g/mol. The number of nitrogens with zero attached hydrogens (tertiary/aromatic N) is 3. The smallest absolute Gasteiger partial charge is 0.267 e. The van der Waals surface area contributed by atoms with Crippen molar-refractivity contribution in [3.63, 3.8) is 0 Å². The number of rotatable bonds is 4. The average molecular weight is 420 g/mol. The van der Waals surface area contributed by atoms with Crippen LogP contribution in [0.4, 0.5) is 18.9 Å². The van der Waals surface area contributed by atoms with Gasteiger partial charge in [0.1, 0.15) is 0 Å². The maximum Gasteiger partial charge on any atom is 0.417 e. The maximum absolute atomic E-state index is 13.5. The summed E-state index contributed by atoms with van der Waals surface area (Å²) in [5.74, 6) is -0.878. The van der Waals surface area contributed by atoms with E-state index < -0.39 is 23.2 Å². The molecule has 0 spiro atoms. The van der Waals surface area contributed by atoms with Crippen LogP contribution in [0, 0.1) is 0 Å². The van der Waals surface area contributed by atoms with Gasteiger partial charge in [-0.25, -0.2) is 10.0 Å². The number of hydrazine groups is 1. The molecule has 0 saturated heterocycles. The predicted octanol–water partition coefficient (Wildman–Crippen LogP) is 5.54. The molecule has 0 aliphatic heterocycles. The molecule has 0 aliphatic carbocycles. The average Bonchev–Trinajstić information content (AvgIpc) is 2.68. The van der Waals surface area contributed by atoms with Crippen LogP contribution in [-0.2, 0) is 6.18 Å². The van der Waals surface area contributed by atoms with Crippen molar-refractivity contribution in [3.05, 3.63) is 83.1 Å². The summed E-state index contributed by atoms with van der Waals surface area (Å²) in [7, 11) is 3.14. The number of hydrogen-bond donors (Lipinski definition) is 0. The summed E-state index contributed by atoms with van der Waals surface area (Å²) in [6, 6.07) is 13.8. The molecule has 1 amide bonds. The van der Waals surface area contributed by atoms with Crippen LogP contribution in [0.3, 0.4) is 0 Å². The molecule has 29 heavy (non-hydrogen) atoms. The van der Waals surface area contributed by atoms with Crippen molar-refractivity contribution >= 4 is 23.2 Å². The number of anilines is 1. The topological polar surface area (TPSA) is 36.4 Å². The first-order valence-corrected chi connectivity index (χ1v) is 8.96. The van der Waals surface area contributed by atoms with Crippen molar-refractivity contribution < 1.29 is 18.0 Å². The van der Waals surface area contributed by atoms with Crippen LogP contribution >= 0.6 is 11.6 Å². The SMILES string of the molecule is CN(C)N(C(=O)c1c(Cl)cccc1C(F)(F)F)c1cccc(-c2cccnc2)c1. The van der Waals surface area contributed by atoms with E-state index in [9.17, 15) is 18.0 Å². The zero-order valence-electron chi connectivity index (χ0n) is 15.6. The summed E-state index contributed by atoms with van der Waals surface area (Å²) in [5, 5.41) is 2.30. The molecule has 150 valence electrons. The van der Waals surface area contributed by atoms with E-state index in [0.717, 1.165) is 22.2 Å². The predicted molar refractivity (Wildman–Crippen MR) is 107 cm³/mol. The second-order valence-corrected chi connectivity index (χ2v) is 6.82. The van der Waals surface area contributed by atoms with E-state index >= 15 is 0 Å². The van der Waals surface area contributed by atoms with Gasteiger partial charge in [-0.1, -0.05) is 35.9 Å². The molecule has 3 aromatic rings. The van der Waals surface area contributed by atoms with Gasteiger partial charge in [0.2, 0.25) is 0 Å². The lowest BCUT2D eigenvalue weighted by molar-refractivity contribution is -0.137. The van der Waals surface area contributed by atoms with Crippen LogP contribution in [0.5, 0.6) is 0 Å². The lowest BCUT2D eigenvalue weighted by Crippen LogP contribution is -2.43. The van der Waals surface area contributed by atoms with Crippen LogP contribution in [0.15, 0.2) is 67.0 Å². The molecule has 0 radical (unpaired) electrons. The van der Waals surface area contributed by atoms with E-state index in [1.165, 1.54) is 17.1 Å². The number of carbonyl (C=O) groups excluding carboxylic acids is 1. The third-order valence-corrected chi connectivity index (χ3v) is 4.53. The second-order valence-electron chi connectivity index (χ2n) is 6.42. The molecule has 0 saturated carbocycles. The van der Waals surface area contributed by atoms with Crippen molar-refractivity contribution in [2.45, 2.75) is 6.18 Å². The first-order valence-electron chi connectivity index (χ1n) is 8.58. The van der Waals surface area contributed by atoms with Gasteiger partial charge in [-0.3, -0.25) is 9.78 Å². The van der Waals surface area contributed by atoms with Gasteiger partial charge in [0, 0.05) is 32.1 Å². The van der Waals surface area contributed by atoms with E-state index in [1.54, 1.807) is 50.8 Å². The van der Waals surface area contributed by atoms with Crippen LogP contribution in [-0.4, -0.2) is 30.0 Å². The van der Waals surface area contributed by atoms with Crippen molar-refractivity contribution in [2.75, 3.05) is 19.1 Å². The highest BCUT2D eigenvalue weighted by Crippen LogP contribution is 2.36. The number of aromatic nitrogens is 1. The van der Waals surface area contributed by atoms with Gasteiger partial charge >= 0.3 is 6.18 Å². The fourth-order valence-corrected chi connectivity index (χ4v) is 3.22. The van der Waals surface area contributed by atoms with Crippen LogP contribution in [0.25, 0.3) is 11.1 Å². The summed E-state index contributed by atoms with van der Waals surface area (Å²) in [6.45, 7) is 0. The molecular formula is C21H17ClF3N3O. The van der Waals surface area contributed by atoms with Gasteiger partial charge < -0.3 is 0 Å². The van der Waals surface area contributed by atoms with E-state index in [0.29, 0.717) is 5.69 Å². The van der Waals surface area contributed by atoms with E-state index in [1.807, 2.05) is 12.1 Å². The highest BCUT2D eigenvalue weighted by atomic mass is 35.5. The van der Waals surface area contributed by atoms with Crippen molar-refractivity contribution in [1.82, 2.24) is 9.99 Å². The quantitative estimate of drug-likeness (QED) is 0.521. The lowest BCUT2D eigenvalue weighted by Gasteiger charge is -2.30. The van der Waals surface area contributed by atoms with Gasteiger partial charge in [0.15, 0.2) is 0 Å². The van der Waals surface area contributed by atoms with Crippen molar-refractivity contribution in [1.29, 1.82) is 0 Å². The van der Waals surface area contributed by atoms with Gasteiger partial charge in [-0.05, 0) is 35.9 Å². The molecule has 1 heterocycles. The molecule has 0 unspecified atom stereocenters. The number of halogens is 4. The largest absolute Gasteiger partial charge is 0.417 e. The fraction of sp³-hybridized carbons (Fsp3) is 0.143. The molecule has 1 aromatic heterocycles. The van der Waals surface area contributed by atoms with Crippen LogP contribution in [0.2, 0.25) is 5.02 Å². The Labute approximate surface area is 171 Å². The Hall–Kier alpha value is -2.90. The second kappa shape index (κ2) is 8.23. The van der Waals surface area contributed by atoms with E-state index in [-0.39, 0.29) is 5.02 Å². The third-order valence-electron chi connectivity index (χ3n) is 4.21. The third kappa shape index (κ3) is 4.41. The molecule has 0 atom stereocenters. The van der Waals surface area contributed by atoms with Gasteiger partial charge in [0.05, 0.1) is 21.8 Å². The monoisotopic (exact) mass is 419 g/mol. The number of benzene rings is 2. The number of amides is 1. The van der Waals surface area contributed by atoms with Gasteiger partial charge in [-0.2, -0.15) is 13.2 Å². The lowest BCUT2D eigenvalue weighted by atomic mass is 10.0. The molecule has 0 fully saturated rings. The highest BCUT2D eigenvalue weighted by molar-refractivity contribution is 6.34. The first kappa shape index (κ1) is 20.8. The summed E-state index contributed by atoms with van der Waals surface area (Å²) >= 11 is 6.02. The number of carbonyl (C=O) groups is 1. The number of pyridine rings is 1. The first-order chi connectivity index (χ1) is 13.7. The van der Waals surface area contributed by atoms with E-state index in [4.69, 9.17) is 11.6 Å². The maximum atomic E-state index is 13.5. The van der Waals surface area contributed by atoms with Crippen LogP contribution < -0.4 is 5.01 Å². The molecule has 0 N–H and O–H groups in total. The number of hydrogen-bond acceptors (Lipinski definition) is 3. The van der Waals surface area contributed by atoms with E-state index in [2.05, 4.69) is 4.98 Å². The van der Waals surface area contributed by atoms with Gasteiger partial charge in [0.25, 0.3) is 5.91 Å². The zero-order chi connectivity index (χ0) is 21.2. The highest BCUT2D eigenvalue weighted by Gasteiger charge is 2.38. The fourth-order valence-electron chi connectivity index (χ4n) is 2.96. The minimum Gasteiger partial charge on any atom is -0.267 e. The summed E-state index contributed by atoms with van der Waals surface area (Å²) in [4.78, 5) is 17.3. The molecule has 4 nitrogen and oxygen atoms in total. The Morgan fingerprint density at radius 2 is 1.69 bits per heavy atom. The van der Waals surface area contributed by atoms with Crippen LogP contribution in [0.1, 0.15) is 15.9 Å². The summed E-state index contributed by atoms with van der Waals surface area (Å²) in [5.41, 5.74) is 0.307. The Morgan fingerprint density at radius 3 is 2.31 bits per heavy atom. The Kier molecular flexibility index (Phi) is 5.91. The minimum atomic E-state index is -4.72. The molecule has 3 rings (SSSR count).